The second kappa shape index (κ2) is 5.39. The Morgan fingerprint density at radius 2 is 1.93 bits per heavy atom. The zero-order chi connectivity index (χ0) is 11.3. The number of para-hydroxylation sites is 1. The molecule has 0 amide bonds. The van der Waals surface area contributed by atoms with Gasteiger partial charge in [-0.1, -0.05) is 18.2 Å². The van der Waals surface area contributed by atoms with Gasteiger partial charge in [-0.3, -0.25) is 0 Å². The number of nitrogens with zero attached hydrogens (tertiary/aromatic N) is 2. The van der Waals surface area contributed by atoms with E-state index >= 15 is 0 Å². The molecule has 0 saturated heterocycles. The monoisotopic (exact) mass is 205 g/mol. The van der Waals surface area contributed by atoms with Gasteiger partial charge in [-0.25, -0.2) is 4.99 Å². The van der Waals surface area contributed by atoms with Gasteiger partial charge in [-0.05, 0) is 32.9 Å². The summed E-state index contributed by atoms with van der Waals surface area (Å²) in [4.78, 5) is 6.43. The third-order valence-electron chi connectivity index (χ3n) is 2.26. The smallest absolute Gasteiger partial charge is 0.196 e. The van der Waals surface area contributed by atoms with Crippen LogP contribution in [-0.4, -0.2) is 23.4 Å². The molecule has 0 atom stereocenters. The first kappa shape index (κ1) is 11.6. The Labute approximate surface area is 91.6 Å². The molecule has 1 aromatic rings. The van der Waals surface area contributed by atoms with Crippen LogP contribution in [-0.2, 0) is 0 Å². The van der Waals surface area contributed by atoms with E-state index < -0.39 is 0 Å². The number of benzene rings is 1. The molecule has 0 saturated carbocycles. The molecule has 3 nitrogen and oxygen atoms in total. The van der Waals surface area contributed by atoms with E-state index in [0.717, 1.165) is 12.2 Å². The maximum absolute atomic E-state index is 5.94. The van der Waals surface area contributed by atoms with Gasteiger partial charge in [-0.15, -0.1) is 0 Å². The summed E-state index contributed by atoms with van der Waals surface area (Å²) in [5.41, 5.74) is 6.83. The summed E-state index contributed by atoms with van der Waals surface area (Å²) in [6.07, 6.45) is 0. The first-order chi connectivity index (χ1) is 7.15. The number of hydrogen-bond acceptors (Lipinski definition) is 1. The van der Waals surface area contributed by atoms with Crippen molar-refractivity contribution in [3.63, 3.8) is 0 Å². The van der Waals surface area contributed by atoms with E-state index in [4.69, 9.17) is 5.73 Å². The van der Waals surface area contributed by atoms with Gasteiger partial charge in [0, 0.05) is 12.6 Å². The van der Waals surface area contributed by atoms with Crippen LogP contribution >= 0.6 is 0 Å². The summed E-state index contributed by atoms with van der Waals surface area (Å²) in [7, 11) is 0. The van der Waals surface area contributed by atoms with Gasteiger partial charge in [0.25, 0.3) is 0 Å². The fourth-order valence-corrected chi connectivity index (χ4v) is 1.49. The van der Waals surface area contributed by atoms with E-state index in [-0.39, 0.29) is 0 Å². The molecule has 1 aromatic carbocycles. The van der Waals surface area contributed by atoms with Crippen molar-refractivity contribution in [2.45, 2.75) is 26.8 Å². The minimum Gasteiger partial charge on any atom is -0.369 e. The lowest BCUT2D eigenvalue weighted by molar-refractivity contribution is 0.363. The van der Waals surface area contributed by atoms with Crippen molar-refractivity contribution in [1.29, 1.82) is 0 Å². The van der Waals surface area contributed by atoms with E-state index in [1.165, 1.54) is 0 Å². The highest BCUT2D eigenvalue weighted by Crippen LogP contribution is 2.10. The first-order valence-electron chi connectivity index (χ1n) is 5.31. The summed E-state index contributed by atoms with van der Waals surface area (Å²) in [6.45, 7) is 7.17. The molecule has 0 heterocycles. The fraction of sp³-hybridized carbons (Fsp3) is 0.417. The van der Waals surface area contributed by atoms with Gasteiger partial charge < -0.3 is 10.6 Å². The van der Waals surface area contributed by atoms with Crippen molar-refractivity contribution in [2.24, 2.45) is 10.7 Å². The topological polar surface area (TPSA) is 41.6 Å². The Morgan fingerprint density at radius 3 is 2.40 bits per heavy atom. The molecule has 0 unspecified atom stereocenters. The van der Waals surface area contributed by atoms with Crippen LogP contribution in [0.2, 0.25) is 0 Å². The summed E-state index contributed by atoms with van der Waals surface area (Å²) >= 11 is 0. The summed E-state index contributed by atoms with van der Waals surface area (Å²) < 4.78 is 0. The molecule has 1 rings (SSSR count). The number of guanidine groups is 1. The van der Waals surface area contributed by atoms with Crippen LogP contribution in [0.3, 0.4) is 0 Å². The lowest BCUT2D eigenvalue weighted by Crippen LogP contribution is -2.41. The van der Waals surface area contributed by atoms with Crippen molar-refractivity contribution in [3.05, 3.63) is 30.3 Å². The Bertz CT molecular complexity index is 317. The third kappa shape index (κ3) is 3.27. The van der Waals surface area contributed by atoms with Gasteiger partial charge in [0.15, 0.2) is 5.96 Å². The van der Waals surface area contributed by atoms with E-state index in [1.54, 1.807) is 0 Å². The molecule has 0 aromatic heterocycles. The maximum atomic E-state index is 5.94. The summed E-state index contributed by atoms with van der Waals surface area (Å²) in [6, 6.07) is 10.1. The lowest BCUT2D eigenvalue weighted by Gasteiger charge is -2.25. The minimum atomic E-state index is 0.377. The molecule has 82 valence electrons. The van der Waals surface area contributed by atoms with Crippen molar-refractivity contribution in [1.82, 2.24) is 4.90 Å². The van der Waals surface area contributed by atoms with Crippen molar-refractivity contribution in [2.75, 3.05) is 6.54 Å². The van der Waals surface area contributed by atoms with E-state index in [1.807, 2.05) is 30.3 Å². The Hall–Kier alpha value is -1.51. The minimum absolute atomic E-state index is 0.377. The molecule has 0 aliphatic carbocycles. The summed E-state index contributed by atoms with van der Waals surface area (Å²) in [5, 5.41) is 0. The van der Waals surface area contributed by atoms with Gasteiger partial charge in [-0.2, -0.15) is 0 Å². The molecular weight excluding hydrogens is 186 g/mol. The fourth-order valence-electron chi connectivity index (χ4n) is 1.49. The molecule has 0 aliphatic heterocycles. The second-order valence-corrected chi connectivity index (χ2v) is 3.69. The van der Waals surface area contributed by atoms with Crippen LogP contribution in [0.5, 0.6) is 0 Å². The van der Waals surface area contributed by atoms with E-state index in [0.29, 0.717) is 12.0 Å². The number of hydrogen-bond donors (Lipinski definition) is 1. The SMILES string of the molecule is CCN(C(N)=Nc1ccccc1)C(C)C. The Balaban J connectivity index is 2.83. The van der Waals surface area contributed by atoms with Crippen LogP contribution < -0.4 is 5.73 Å². The zero-order valence-corrected chi connectivity index (χ0v) is 9.64. The molecule has 2 N–H and O–H groups in total. The van der Waals surface area contributed by atoms with Gasteiger partial charge in [0.05, 0.1) is 5.69 Å². The normalized spacial score (nSPS) is 11.9. The van der Waals surface area contributed by atoms with Gasteiger partial charge >= 0.3 is 0 Å². The predicted molar refractivity (Wildman–Crippen MR) is 65.2 cm³/mol. The molecule has 0 bridgehead atoms. The van der Waals surface area contributed by atoms with E-state index in [9.17, 15) is 0 Å². The first-order valence-corrected chi connectivity index (χ1v) is 5.31. The van der Waals surface area contributed by atoms with Crippen LogP contribution in [0.25, 0.3) is 0 Å². The lowest BCUT2D eigenvalue weighted by atomic mass is 10.3. The molecule has 3 heteroatoms. The average Bonchev–Trinajstić information content (AvgIpc) is 2.19. The number of aliphatic imine (C=N–C) groups is 1. The Kier molecular flexibility index (Phi) is 4.16. The Morgan fingerprint density at radius 1 is 1.33 bits per heavy atom. The standard InChI is InChI=1S/C12H19N3/c1-4-15(10(2)3)12(13)14-11-8-6-5-7-9-11/h5-10H,4H2,1-3H3,(H2,13,14). The molecule has 0 fully saturated rings. The maximum Gasteiger partial charge on any atom is 0.196 e. The zero-order valence-electron chi connectivity index (χ0n) is 9.64. The van der Waals surface area contributed by atoms with Gasteiger partial charge in [0.2, 0.25) is 0 Å². The third-order valence-corrected chi connectivity index (χ3v) is 2.26. The quantitative estimate of drug-likeness (QED) is 0.608. The summed E-state index contributed by atoms with van der Waals surface area (Å²) in [5.74, 6) is 0.582. The highest BCUT2D eigenvalue weighted by molar-refractivity contribution is 5.81. The van der Waals surface area contributed by atoms with Crippen molar-refractivity contribution in [3.8, 4) is 0 Å². The van der Waals surface area contributed by atoms with Crippen LogP contribution in [0, 0.1) is 0 Å². The molecular formula is C12H19N3. The van der Waals surface area contributed by atoms with E-state index in [2.05, 4.69) is 30.7 Å². The van der Waals surface area contributed by atoms with Crippen LogP contribution in [0.4, 0.5) is 5.69 Å². The van der Waals surface area contributed by atoms with Crippen molar-refractivity contribution < 1.29 is 0 Å². The second-order valence-electron chi connectivity index (χ2n) is 3.69. The highest BCUT2D eigenvalue weighted by atomic mass is 15.3. The predicted octanol–water partition coefficient (Wildman–Crippen LogP) is 2.36. The largest absolute Gasteiger partial charge is 0.369 e. The highest BCUT2D eigenvalue weighted by Gasteiger charge is 2.08. The van der Waals surface area contributed by atoms with Crippen LogP contribution in [0.1, 0.15) is 20.8 Å². The van der Waals surface area contributed by atoms with Crippen LogP contribution in [0.15, 0.2) is 35.3 Å². The molecule has 0 spiro atoms. The number of rotatable bonds is 3. The molecule has 0 radical (unpaired) electrons. The van der Waals surface area contributed by atoms with Gasteiger partial charge in [0.1, 0.15) is 0 Å². The molecule has 0 aliphatic rings. The number of nitrogens with two attached hydrogens (primary N) is 1. The van der Waals surface area contributed by atoms with Crippen molar-refractivity contribution >= 4 is 11.6 Å². The average molecular weight is 205 g/mol. The molecule has 15 heavy (non-hydrogen) atoms.